The van der Waals surface area contributed by atoms with E-state index in [1.807, 2.05) is 38.1 Å². The molecule has 0 bridgehead atoms. The first-order valence-corrected chi connectivity index (χ1v) is 12.6. The maximum Gasteiger partial charge on any atom is 0.293 e. The number of hydrogen-bond donors (Lipinski definition) is 0. The molecular weight excluding hydrogens is 505 g/mol. The molecule has 0 saturated carbocycles. The highest BCUT2D eigenvalue weighted by molar-refractivity contribution is 8.18. The van der Waals surface area contributed by atoms with E-state index in [1.165, 1.54) is 0 Å². The van der Waals surface area contributed by atoms with Crippen LogP contribution in [0, 0.1) is 6.92 Å². The Morgan fingerprint density at radius 2 is 1.69 bits per heavy atom. The number of rotatable bonds is 8. The SMILES string of the molecule is CCOc1cc(/C=C2/SC(=O)N(Cc3c(Cl)cccc3Cl)C2=O)ccc1OCc1cccc(C)c1. The molecule has 0 aromatic heterocycles. The van der Waals surface area contributed by atoms with Crippen LogP contribution in [0.5, 0.6) is 11.5 Å². The van der Waals surface area contributed by atoms with Crippen molar-refractivity contribution in [1.82, 2.24) is 4.90 Å². The van der Waals surface area contributed by atoms with Crippen molar-refractivity contribution in [3.63, 3.8) is 0 Å². The second kappa shape index (κ2) is 11.2. The number of hydrogen-bond acceptors (Lipinski definition) is 5. The monoisotopic (exact) mass is 527 g/mol. The highest BCUT2D eigenvalue weighted by Crippen LogP contribution is 2.37. The normalized spacial score (nSPS) is 14.6. The number of amides is 2. The molecular formula is C27H23Cl2NO4S. The number of benzene rings is 3. The molecule has 1 saturated heterocycles. The van der Waals surface area contributed by atoms with Crippen molar-refractivity contribution in [2.75, 3.05) is 6.61 Å². The highest BCUT2D eigenvalue weighted by Gasteiger charge is 2.35. The van der Waals surface area contributed by atoms with Crippen LogP contribution in [-0.2, 0) is 17.9 Å². The van der Waals surface area contributed by atoms with Gasteiger partial charge in [0.1, 0.15) is 6.61 Å². The van der Waals surface area contributed by atoms with Gasteiger partial charge in [-0.2, -0.15) is 0 Å². The van der Waals surface area contributed by atoms with Gasteiger partial charge in [0.2, 0.25) is 0 Å². The number of aryl methyl sites for hydroxylation is 1. The molecule has 35 heavy (non-hydrogen) atoms. The number of carbonyl (C=O) groups excluding carboxylic acids is 2. The predicted octanol–water partition coefficient (Wildman–Crippen LogP) is 7.52. The number of nitrogens with zero attached hydrogens (tertiary/aromatic N) is 1. The van der Waals surface area contributed by atoms with Crippen molar-refractivity contribution in [2.24, 2.45) is 0 Å². The third-order valence-corrected chi connectivity index (χ3v) is 6.91. The zero-order valence-electron chi connectivity index (χ0n) is 19.2. The maximum atomic E-state index is 13.0. The zero-order valence-corrected chi connectivity index (χ0v) is 21.5. The van der Waals surface area contributed by atoms with E-state index < -0.39 is 5.91 Å². The topological polar surface area (TPSA) is 55.8 Å². The van der Waals surface area contributed by atoms with Crippen LogP contribution in [-0.4, -0.2) is 22.7 Å². The van der Waals surface area contributed by atoms with E-state index >= 15 is 0 Å². The fraction of sp³-hybridized carbons (Fsp3) is 0.185. The first-order valence-electron chi connectivity index (χ1n) is 11.0. The molecule has 0 N–H and O–H groups in total. The summed E-state index contributed by atoms with van der Waals surface area (Å²) in [5.74, 6) is 0.775. The number of halogens is 2. The standard InChI is InChI=1S/C27H23Cl2NO4S/c1-3-33-24-13-18(10-11-23(24)34-16-19-7-4-6-17(2)12-19)14-25-26(31)30(27(32)35-25)15-20-21(28)8-5-9-22(20)29/h4-14H,3,15-16H2,1-2H3/b25-14+. The van der Waals surface area contributed by atoms with Gasteiger partial charge in [0.25, 0.3) is 11.1 Å². The molecule has 1 aliphatic rings. The number of thioether (sulfide) groups is 1. The van der Waals surface area contributed by atoms with Crippen LogP contribution in [0.25, 0.3) is 6.08 Å². The molecule has 4 rings (SSSR count). The van der Waals surface area contributed by atoms with Gasteiger partial charge in [-0.15, -0.1) is 0 Å². The summed E-state index contributed by atoms with van der Waals surface area (Å²) in [6.07, 6.45) is 1.67. The van der Waals surface area contributed by atoms with Gasteiger partial charge in [-0.3, -0.25) is 14.5 Å². The largest absolute Gasteiger partial charge is 0.490 e. The van der Waals surface area contributed by atoms with Gasteiger partial charge in [-0.1, -0.05) is 65.2 Å². The van der Waals surface area contributed by atoms with Crippen LogP contribution < -0.4 is 9.47 Å². The first kappa shape index (κ1) is 25.2. The Balaban J connectivity index is 1.53. The molecule has 1 heterocycles. The third-order valence-electron chi connectivity index (χ3n) is 5.29. The molecule has 0 aliphatic carbocycles. The Bertz CT molecular complexity index is 1290. The van der Waals surface area contributed by atoms with E-state index in [4.69, 9.17) is 32.7 Å². The van der Waals surface area contributed by atoms with Crippen LogP contribution in [0.3, 0.4) is 0 Å². The molecule has 2 amide bonds. The van der Waals surface area contributed by atoms with Crippen molar-refractivity contribution in [2.45, 2.75) is 27.0 Å². The Kier molecular flexibility index (Phi) is 8.06. The van der Waals surface area contributed by atoms with Crippen molar-refractivity contribution < 1.29 is 19.1 Å². The quantitative estimate of drug-likeness (QED) is 0.283. The van der Waals surface area contributed by atoms with Gasteiger partial charge in [0, 0.05) is 15.6 Å². The summed E-state index contributed by atoms with van der Waals surface area (Å²) in [7, 11) is 0. The number of imide groups is 1. The van der Waals surface area contributed by atoms with E-state index in [1.54, 1.807) is 36.4 Å². The van der Waals surface area contributed by atoms with E-state index in [0.717, 1.165) is 33.4 Å². The van der Waals surface area contributed by atoms with Gasteiger partial charge >= 0.3 is 0 Å². The molecule has 5 nitrogen and oxygen atoms in total. The summed E-state index contributed by atoms with van der Waals surface area (Å²) in [6.45, 7) is 4.80. The summed E-state index contributed by atoms with van der Waals surface area (Å²) in [5.41, 5.74) is 3.48. The average molecular weight is 528 g/mol. The summed E-state index contributed by atoms with van der Waals surface area (Å²) in [4.78, 5) is 27.0. The third kappa shape index (κ3) is 6.01. The molecule has 3 aromatic rings. The van der Waals surface area contributed by atoms with Gasteiger partial charge in [-0.05, 0) is 67.1 Å². The lowest BCUT2D eigenvalue weighted by Crippen LogP contribution is -2.27. The number of carbonyl (C=O) groups is 2. The summed E-state index contributed by atoms with van der Waals surface area (Å²) >= 11 is 13.3. The fourth-order valence-corrected chi connectivity index (χ4v) is 4.95. The lowest BCUT2D eigenvalue weighted by molar-refractivity contribution is -0.123. The van der Waals surface area contributed by atoms with Crippen LogP contribution in [0.4, 0.5) is 4.79 Å². The highest BCUT2D eigenvalue weighted by atomic mass is 35.5. The van der Waals surface area contributed by atoms with Crippen LogP contribution >= 0.6 is 35.0 Å². The van der Waals surface area contributed by atoms with Crippen molar-refractivity contribution in [3.05, 3.63) is 97.9 Å². The first-order chi connectivity index (χ1) is 16.9. The van der Waals surface area contributed by atoms with E-state index in [2.05, 4.69) is 6.07 Å². The molecule has 1 fully saturated rings. The Morgan fingerprint density at radius 1 is 0.943 bits per heavy atom. The molecule has 0 spiro atoms. The van der Waals surface area contributed by atoms with Crippen molar-refractivity contribution >= 4 is 52.2 Å². The summed E-state index contributed by atoms with van der Waals surface area (Å²) in [5, 5.41) is 0.437. The molecule has 3 aromatic carbocycles. The van der Waals surface area contributed by atoms with E-state index in [9.17, 15) is 9.59 Å². The predicted molar refractivity (Wildman–Crippen MR) is 141 cm³/mol. The van der Waals surface area contributed by atoms with Crippen molar-refractivity contribution in [1.29, 1.82) is 0 Å². The lowest BCUT2D eigenvalue weighted by Gasteiger charge is -2.15. The minimum absolute atomic E-state index is 0.0104. The lowest BCUT2D eigenvalue weighted by atomic mass is 10.1. The van der Waals surface area contributed by atoms with Crippen LogP contribution in [0.15, 0.2) is 65.6 Å². The fourth-order valence-electron chi connectivity index (χ4n) is 3.59. The molecule has 0 atom stereocenters. The summed E-state index contributed by atoms with van der Waals surface area (Å²) in [6, 6.07) is 18.6. The van der Waals surface area contributed by atoms with Gasteiger partial charge in [0.15, 0.2) is 11.5 Å². The Labute approximate surface area is 218 Å². The minimum Gasteiger partial charge on any atom is -0.490 e. The van der Waals surface area contributed by atoms with E-state index in [0.29, 0.717) is 45.2 Å². The molecule has 0 unspecified atom stereocenters. The Morgan fingerprint density at radius 3 is 2.40 bits per heavy atom. The second-order valence-electron chi connectivity index (χ2n) is 7.88. The minimum atomic E-state index is -0.395. The van der Waals surface area contributed by atoms with Crippen LogP contribution in [0.1, 0.15) is 29.2 Å². The molecule has 1 aliphatic heterocycles. The van der Waals surface area contributed by atoms with Gasteiger partial charge < -0.3 is 9.47 Å². The van der Waals surface area contributed by atoms with Crippen molar-refractivity contribution in [3.8, 4) is 11.5 Å². The Hall–Kier alpha value is -2.93. The van der Waals surface area contributed by atoms with Crippen LogP contribution in [0.2, 0.25) is 10.0 Å². The molecule has 180 valence electrons. The molecule has 0 radical (unpaired) electrons. The molecule has 8 heteroatoms. The second-order valence-corrected chi connectivity index (χ2v) is 9.69. The average Bonchev–Trinajstić information content (AvgIpc) is 3.08. The smallest absolute Gasteiger partial charge is 0.293 e. The summed E-state index contributed by atoms with van der Waals surface area (Å²) < 4.78 is 11.8. The van der Waals surface area contributed by atoms with Gasteiger partial charge in [-0.25, -0.2) is 0 Å². The van der Waals surface area contributed by atoms with Gasteiger partial charge in [0.05, 0.1) is 18.1 Å². The zero-order chi connectivity index (χ0) is 24.9. The van der Waals surface area contributed by atoms with E-state index in [-0.39, 0.29) is 11.8 Å². The maximum absolute atomic E-state index is 13.0. The number of ether oxygens (including phenoxy) is 2.